The van der Waals surface area contributed by atoms with E-state index in [0.29, 0.717) is 19.4 Å². The average Bonchev–Trinajstić information content (AvgIpc) is 3.29. The lowest BCUT2D eigenvalue weighted by molar-refractivity contribution is -0.141. The fraction of sp³-hybridized carbons (Fsp3) is 0.458. The van der Waals surface area contributed by atoms with E-state index in [2.05, 4.69) is 38.9 Å². The third-order valence-corrected chi connectivity index (χ3v) is 6.14. The van der Waals surface area contributed by atoms with Gasteiger partial charge in [-0.05, 0) is 30.9 Å². The quantitative estimate of drug-likeness (QED) is 0.0550. The normalized spacial score (nSPS) is 13.2. The third-order valence-electron chi connectivity index (χ3n) is 5.77. The van der Waals surface area contributed by atoms with Crippen molar-refractivity contribution in [2.45, 2.75) is 50.2 Å². The molecule has 208 valence electrons. The number of fused-ring (bicyclic) bond motifs is 1. The van der Waals surface area contributed by atoms with Gasteiger partial charge in [-0.2, -0.15) is 12.6 Å². The first-order chi connectivity index (χ1) is 18.1. The Labute approximate surface area is 225 Å². The number of hydrogen-bond donors (Lipinski definition) is 10. The van der Waals surface area contributed by atoms with Crippen LogP contribution < -0.4 is 32.7 Å². The molecule has 11 N–H and O–H groups in total. The van der Waals surface area contributed by atoms with E-state index in [4.69, 9.17) is 22.0 Å². The van der Waals surface area contributed by atoms with E-state index in [-0.39, 0.29) is 37.5 Å². The predicted molar refractivity (Wildman–Crippen MR) is 147 cm³/mol. The van der Waals surface area contributed by atoms with Gasteiger partial charge in [0, 0.05) is 48.8 Å². The van der Waals surface area contributed by atoms with Crippen LogP contribution in [-0.4, -0.2) is 76.7 Å². The van der Waals surface area contributed by atoms with E-state index in [1.807, 2.05) is 24.3 Å². The Hall–Kier alpha value is -3.78. The van der Waals surface area contributed by atoms with Gasteiger partial charge in [0.25, 0.3) is 0 Å². The number of carboxylic acids is 1. The Morgan fingerprint density at radius 2 is 1.74 bits per heavy atom. The molecular weight excluding hydrogens is 512 g/mol. The van der Waals surface area contributed by atoms with Crippen molar-refractivity contribution in [3.63, 3.8) is 0 Å². The second-order valence-electron chi connectivity index (χ2n) is 8.75. The van der Waals surface area contributed by atoms with Crippen LogP contribution in [-0.2, 0) is 25.6 Å². The largest absolute Gasteiger partial charge is 0.480 e. The highest BCUT2D eigenvalue weighted by molar-refractivity contribution is 7.80. The highest BCUT2D eigenvalue weighted by atomic mass is 32.1. The number of aromatic amines is 1. The fourth-order valence-electron chi connectivity index (χ4n) is 3.72. The number of hydrogen-bond acceptors (Lipinski definition) is 7. The van der Waals surface area contributed by atoms with Gasteiger partial charge in [0.05, 0.1) is 6.04 Å². The van der Waals surface area contributed by atoms with Gasteiger partial charge in [0.2, 0.25) is 17.7 Å². The molecule has 3 atom stereocenters. The SMILES string of the molecule is N=C(N)NCCC[C@H](N)C(=O)N[C@@H](Cc1c[nH]c2ccccc12)C(=O)NCCCC(=O)N[C@@H](CS)C(=O)O. The summed E-state index contributed by atoms with van der Waals surface area (Å²) in [4.78, 5) is 52.0. The van der Waals surface area contributed by atoms with E-state index in [9.17, 15) is 19.2 Å². The summed E-state index contributed by atoms with van der Waals surface area (Å²) in [5.74, 6) is -2.77. The van der Waals surface area contributed by atoms with Crippen molar-refractivity contribution in [1.82, 2.24) is 26.3 Å². The summed E-state index contributed by atoms with van der Waals surface area (Å²) in [5.41, 5.74) is 13.0. The Morgan fingerprint density at radius 1 is 1.03 bits per heavy atom. The minimum atomic E-state index is -1.18. The van der Waals surface area contributed by atoms with Gasteiger partial charge in [-0.1, -0.05) is 18.2 Å². The summed E-state index contributed by atoms with van der Waals surface area (Å²) >= 11 is 3.91. The van der Waals surface area contributed by atoms with Crippen LogP contribution in [0.3, 0.4) is 0 Å². The number of rotatable bonds is 16. The summed E-state index contributed by atoms with van der Waals surface area (Å²) in [7, 11) is 0. The first-order valence-electron chi connectivity index (χ1n) is 12.2. The van der Waals surface area contributed by atoms with Gasteiger partial charge >= 0.3 is 5.97 Å². The number of carbonyl (C=O) groups excluding carboxylic acids is 3. The zero-order chi connectivity index (χ0) is 28.1. The number of aliphatic carboxylic acids is 1. The molecule has 0 saturated heterocycles. The van der Waals surface area contributed by atoms with Gasteiger partial charge in [-0.15, -0.1) is 0 Å². The zero-order valence-corrected chi connectivity index (χ0v) is 21.9. The summed E-state index contributed by atoms with van der Waals surface area (Å²) in [6, 6.07) is 4.73. The number of amides is 3. The highest BCUT2D eigenvalue weighted by Crippen LogP contribution is 2.19. The molecule has 0 aliphatic rings. The average molecular weight is 549 g/mol. The van der Waals surface area contributed by atoms with Crippen molar-refractivity contribution in [1.29, 1.82) is 5.41 Å². The van der Waals surface area contributed by atoms with Gasteiger partial charge in [-0.25, -0.2) is 4.79 Å². The van der Waals surface area contributed by atoms with Gasteiger partial charge < -0.3 is 42.8 Å². The third kappa shape index (κ3) is 9.94. The first-order valence-corrected chi connectivity index (χ1v) is 12.8. The molecule has 13 nitrogen and oxygen atoms in total. The number of aromatic nitrogens is 1. The number of H-pyrrole nitrogens is 1. The smallest absolute Gasteiger partial charge is 0.327 e. The number of para-hydroxylation sites is 1. The summed E-state index contributed by atoms with van der Waals surface area (Å²) in [6.45, 7) is 0.540. The molecule has 1 aromatic carbocycles. The molecule has 0 aliphatic heterocycles. The number of carboxylic acid groups (broad SMARTS) is 1. The maximum Gasteiger partial charge on any atom is 0.327 e. The molecule has 2 aromatic rings. The van der Waals surface area contributed by atoms with Gasteiger partial charge in [0.1, 0.15) is 12.1 Å². The maximum atomic E-state index is 13.0. The van der Waals surface area contributed by atoms with Crippen LogP contribution in [0.2, 0.25) is 0 Å². The maximum absolute atomic E-state index is 13.0. The van der Waals surface area contributed by atoms with Crippen LogP contribution in [0.25, 0.3) is 10.9 Å². The topological polar surface area (TPSA) is 228 Å². The van der Waals surface area contributed by atoms with E-state index >= 15 is 0 Å². The molecule has 0 saturated carbocycles. The van der Waals surface area contributed by atoms with Crippen molar-refractivity contribution in [2.24, 2.45) is 11.5 Å². The lowest BCUT2D eigenvalue weighted by Gasteiger charge is -2.21. The molecule has 1 heterocycles. The Morgan fingerprint density at radius 3 is 2.42 bits per heavy atom. The molecule has 0 spiro atoms. The van der Waals surface area contributed by atoms with E-state index in [0.717, 1.165) is 16.5 Å². The Balaban J connectivity index is 1.97. The van der Waals surface area contributed by atoms with Crippen LogP contribution in [0.15, 0.2) is 30.5 Å². The highest BCUT2D eigenvalue weighted by Gasteiger charge is 2.25. The molecule has 2 rings (SSSR count). The van der Waals surface area contributed by atoms with Gasteiger partial charge in [0.15, 0.2) is 5.96 Å². The summed E-state index contributed by atoms with van der Waals surface area (Å²) in [5, 5.41) is 27.6. The van der Waals surface area contributed by atoms with E-state index < -0.39 is 41.8 Å². The number of carbonyl (C=O) groups is 4. The number of thiol groups is 1. The molecule has 0 aliphatic carbocycles. The standard InChI is InChI=1S/C24H36N8O5S/c25-16(6-3-10-29-24(26)27)21(34)32-18(11-14-12-30-17-7-2-1-5-15(14)17)22(35)28-9-4-8-20(33)31-19(13-38)23(36)37/h1-2,5,7,12,16,18-19,30,38H,3-4,6,8-11,13,25H2,(H,28,35)(H,31,33)(H,32,34)(H,36,37)(H4,26,27,29)/t16-,18-,19-/m0/s1. The molecule has 1 aromatic heterocycles. The number of nitrogens with one attached hydrogen (secondary N) is 6. The van der Waals surface area contributed by atoms with Crippen molar-refractivity contribution in [3.8, 4) is 0 Å². The fourth-order valence-corrected chi connectivity index (χ4v) is 3.97. The Bertz CT molecular complexity index is 1120. The Kier molecular flexibility index (Phi) is 12.4. The van der Waals surface area contributed by atoms with Crippen molar-refractivity contribution in [2.75, 3.05) is 18.8 Å². The van der Waals surface area contributed by atoms with E-state index in [1.54, 1.807) is 6.20 Å². The summed E-state index contributed by atoms with van der Waals surface area (Å²) in [6.07, 6.45) is 3.11. The van der Waals surface area contributed by atoms with Crippen LogP contribution in [0.5, 0.6) is 0 Å². The molecule has 0 bridgehead atoms. The molecular formula is C24H36N8O5S. The molecule has 14 heteroatoms. The van der Waals surface area contributed by atoms with Crippen LogP contribution >= 0.6 is 12.6 Å². The second-order valence-corrected chi connectivity index (χ2v) is 9.11. The molecule has 0 radical (unpaired) electrons. The summed E-state index contributed by atoms with van der Waals surface area (Å²) < 4.78 is 0. The lowest BCUT2D eigenvalue weighted by Crippen LogP contribution is -2.52. The first kappa shape index (κ1) is 30.4. The number of nitrogens with two attached hydrogens (primary N) is 2. The van der Waals surface area contributed by atoms with Crippen LogP contribution in [0, 0.1) is 5.41 Å². The minimum absolute atomic E-state index is 0.0104. The molecule has 38 heavy (non-hydrogen) atoms. The van der Waals surface area contributed by atoms with Gasteiger partial charge in [-0.3, -0.25) is 19.8 Å². The van der Waals surface area contributed by atoms with E-state index in [1.165, 1.54) is 0 Å². The monoisotopic (exact) mass is 548 g/mol. The van der Waals surface area contributed by atoms with Crippen molar-refractivity contribution >= 4 is 53.2 Å². The number of benzene rings is 1. The second kappa shape index (κ2) is 15.5. The van der Waals surface area contributed by atoms with Crippen LogP contribution in [0.4, 0.5) is 0 Å². The van der Waals surface area contributed by atoms with Crippen molar-refractivity contribution < 1.29 is 24.3 Å². The molecule has 0 unspecified atom stereocenters. The molecule has 3 amide bonds. The number of guanidine groups is 1. The minimum Gasteiger partial charge on any atom is -0.480 e. The zero-order valence-electron chi connectivity index (χ0n) is 21.0. The predicted octanol–water partition coefficient (Wildman–Crippen LogP) is -0.819. The lowest BCUT2D eigenvalue weighted by atomic mass is 10.0. The van der Waals surface area contributed by atoms with Crippen LogP contribution in [0.1, 0.15) is 31.2 Å². The molecule has 0 fully saturated rings. The van der Waals surface area contributed by atoms with Crippen molar-refractivity contribution in [3.05, 3.63) is 36.0 Å².